The lowest BCUT2D eigenvalue weighted by Crippen LogP contribution is -2.20. The van der Waals surface area contributed by atoms with Crippen molar-refractivity contribution in [3.05, 3.63) is 126 Å². The van der Waals surface area contributed by atoms with Crippen molar-refractivity contribution in [2.75, 3.05) is 0 Å². The summed E-state index contributed by atoms with van der Waals surface area (Å²) in [6.45, 7) is 0. The van der Waals surface area contributed by atoms with Crippen LogP contribution in [0.25, 0.3) is 33.5 Å². The molecule has 0 fully saturated rings. The van der Waals surface area contributed by atoms with Gasteiger partial charge >= 0.3 is 0 Å². The molecule has 0 saturated carbocycles. The lowest BCUT2D eigenvalue weighted by Gasteiger charge is -2.09. The number of halogens is 1. The van der Waals surface area contributed by atoms with E-state index in [-0.39, 0.29) is 40.2 Å². The average molecular weight is 627 g/mol. The molecule has 0 saturated heterocycles. The zero-order chi connectivity index (χ0) is 29.4. The Bertz CT molecular complexity index is 2120. The van der Waals surface area contributed by atoms with Crippen molar-refractivity contribution in [3.8, 4) is 23.2 Å². The van der Waals surface area contributed by atoms with E-state index in [1.165, 1.54) is 36.5 Å². The normalized spacial score (nSPS) is 11.4. The highest BCUT2D eigenvalue weighted by atomic mass is 79.9. The van der Waals surface area contributed by atoms with E-state index in [1.54, 1.807) is 36.4 Å². The zero-order valence-electron chi connectivity index (χ0n) is 21.1. The number of benzene rings is 3. The number of ether oxygens (including phenoxy) is 1. The molecule has 3 aromatic heterocycles. The average Bonchev–Trinajstić information content (AvgIpc) is 3.40. The summed E-state index contributed by atoms with van der Waals surface area (Å²) in [6.07, 6.45) is 2.24. The number of nitro benzene ring substituents is 1. The predicted molar refractivity (Wildman–Crippen MR) is 156 cm³/mol. The van der Waals surface area contributed by atoms with Crippen molar-refractivity contribution >= 4 is 55.4 Å². The highest BCUT2D eigenvalue weighted by molar-refractivity contribution is 9.10. The van der Waals surface area contributed by atoms with Gasteiger partial charge in [0.15, 0.2) is 5.76 Å². The smallest absolute Gasteiger partial charge is 0.287 e. The topological polar surface area (TPSA) is 169 Å². The number of nitrogens with zero attached hydrogens (tertiary/aromatic N) is 6. The van der Waals surface area contributed by atoms with Crippen LogP contribution in [0.3, 0.4) is 0 Å². The molecule has 0 aliphatic rings. The number of non-ortho nitro benzene ring substituents is 1. The minimum atomic E-state index is -0.603. The molecule has 0 unspecified atom stereocenters. The Morgan fingerprint density at radius 1 is 0.952 bits per heavy atom. The van der Waals surface area contributed by atoms with Crippen molar-refractivity contribution in [2.45, 2.75) is 0 Å². The minimum Gasteiger partial charge on any atom is -0.453 e. The van der Waals surface area contributed by atoms with Gasteiger partial charge in [0.2, 0.25) is 11.7 Å². The van der Waals surface area contributed by atoms with Gasteiger partial charge in [-0.3, -0.25) is 25.0 Å². The summed E-state index contributed by atoms with van der Waals surface area (Å²) in [5.74, 6) is 0.478. The third-order valence-corrected chi connectivity index (χ3v) is 6.61. The van der Waals surface area contributed by atoms with Crippen molar-refractivity contribution in [1.82, 2.24) is 14.6 Å². The highest BCUT2D eigenvalue weighted by Gasteiger charge is 2.18. The maximum Gasteiger partial charge on any atom is 0.287 e. The number of rotatable bonds is 7. The van der Waals surface area contributed by atoms with E-state index in [2.05, 4.69) is 31.0 Å². The Hall–Kier alpha value is -5.76. The van der Waals surface area contributed by atoms with Crippen LogP contribution in [0.2, 0.25) is 0 Å². The van der Waals surface area contributed by atoms with Gasteiger partial charge in [-0.25, -0.2) is 9.97 Å². The number of pyridine rings is 1. The number of nitro groups is 2. The number of aromatic nitrogens is 3. The molecule has 0 bridgehead atoms. The van der Waals surface area contributed by atoms with Crippen LogP contribution >= 0.6 is 15.9 Å². The lowest BCUT2D eigenvalue weighted by atomic mass is 10.2. The fourth-order valence-corrected chi connectivity index (χ4v) is 4.51. The van der Waals surface area contributed by atoms with Gasteiger partial charge in [0.1, 0.15) is 17.5 Å². The molecule has 0 atom stereocenters. The fourth-order valence-electron chi connectivity index (χ4n) is 4.13. The van der Waals surface area contributed by atoms with Crippen LogP contribution in [0, 0.1) is 20.2 Å². The van der Waals surface area contributed by atoms with Crippen LogP contribution < -0.4 is 10.3 Å². The van der Waals surface area contributed by atoms with Gasteiger partial charge in [0.25, 0.3) is 16.9 Å². The predicted octanol–water partition coefficient (Wildman–Crippen LogP) is 6.46. The molecular formula is C28H15BrN6O7. The Labute approximate surface area is 242 Å². The van der Waals surface area contributed by atoms with Crippen LogP contribution in [-0.4, -0.2) is 30.7 Å². The van der Waals surface area contributed by atoms with E-state index in [0.29, 0.717) is 16.5 Å². The molecule has 0 radical (unpaired) electrons. The summed E-state index contributed by atoms with van der Waals surface area (Å²) in [5, 5.41) is 27.9. The molecule has 3 heterocycles. The Balaban J connectivity index is 1.48. The van der Waals surface area contributed by atoms with E-state index in [9.17, 15) is 25.0 Å². The molecule has 3 aromatic carbocycles. The third kappa shape index (κ3) is 5.09. The molecular weight excluding hydrogens is 612 g/mol. The van der Waals surface area contributed by atoms with Crippen LogP contribution in [0.1, 0.15) is 5.56 Å². The quantitative estimate of drug-likeness (QED) is 0.110. The molecule has 42 heavy (non-hydrogen) atoms. The van der Waals surface area contributed by atoms with E-state index >= 15 is 0 Å². The van der Waals surface area contributed by atoms with Crippen molar-refractivity contribution in [1.29, 1.82) is 0 Å². The van der Waals surface area contributed by atoms with E-state index in [1.807, 2.05) is 12.1 Å². The largest absolute Gasteiger partial charge is 0.453 e. The van der Waals surface area contributed by atoms with Crippen LogP contribution in [-0.2, 0) is 0 Å². The van der Waals surface area contributed by atoms with Crippen molar-refractivity contribution < 1.29 is 19.0 Å². The van der Waals surface area contributed by atoms with E-state index in [4.69, 9.17) is 9.15 Å². The maximum atomic E-state index is 13.6. The summed E-state index contributed by atoms with van der Waals surface area (Å²) < 4.78 is 13.6. The fraction of sp³-hybridized carbons (Fsp3) is 0. The number of hydrogen-bond acceptors (Lipinski definition) is 10. The van der Waals surface area contributed by atoms with E-state index in [0.717, 1.165) is 20.7 Å². The first-order valence-corrected chi connectivity index (χ1v) is 12.9. The van der Waals surface area contributed by atoms with E-state index < -0.39 is 15.4 Å². The van der Waals surface area contributed by atoms with Crippen LogP contribution in [0.15, 0.2) is 104 Å². The van der Waals surface area contributed by atoms with Gasteiger partial charge in [0.05, 0.1) is 27.0 Å². The van der Waals surface area contributed by atoms with Crippen molar-refractivity contribution in [2.24, 2.45) is 5.10 Å². The van der Waals surface area contributed by atoms with Gasteiger partial charge < -0.3 is 9.15 Å². The second-order valence-corrected chi connectivity index (χ2v) is 9.72. The molecule has 0 spiro atoms. The summed E-state index contributed by atoms with van der Waals surface area (Å²) in [4.78, 5) is 43.4. The second-order valence-electron chi connectivity index (χ2n) is 8.80. The molecule has 0 N–H and O–H groups in total. The highest BCUT2D eigenvalue weighted by Crippen LogP contribution is 2.30. The number of furan rings is 1. The molecule has 13 nitrogen and oxygen atoms in total. The number of hydrogen-bond donors (Lipinski definition) is 0. The first kappa shape index (κ1) is 26.5. The summed E-state index contributed by atoms with van der Waals surface area (Å²) in [6, 6.07) is 20.2. The van der Waals surface area contributed by atoms with Gasteiger partial charge in [-0.15, -0.1) is 0 Å². The lowest BCUT2D eigenvalue weighted by molar-refractivity contribution is -0.385. The molecule has 0 aliphatic heterocycles. The number of fused-ring (bicyclic) bond motifs is 2. The first-order chi connectivity index (χ1) is 20.3. The van der Waals surface area contributed by atoms with Crippen LogP contribution in [0.5, 0.6) is 11.6 Å². The molecule has 0 amide bonds. The molecule has 14 heteroatoms. The summed E-state index contributed by atoms with van der Waals surface area (Å²) >= 11 is 3.43. The molecule has 206 valence electrons. The van der Waals surface area contributed by atoms with Crippen molar-refractivity contribution in [3.63, 3.8) is 0 Å². The Kier molecular flexibility index (Phi) is 6.72. The molecule has 0 aliphatic carbocycles. The monoisotopic (exact) mass is 626 g/mol. The number of para-hydroxylation sites is 1. The van der Waals surface area contributed by atoms with Crippen LogP contribution in [0.4, 0.5) is 11.4 Å². The standard InChI is InChI=1S/C28H15BrN6O7/c29-18-5-8-23-16(11-18)13-25(41-23)27-32-22-4-2-1-3-21(22)28(36)33(27)31-14-17-12-19(34(37)38)6-9-24(17)42-26-10-7-20(15-30-26)35(39)40/h1-15H. The summed E-state index contributed by atoms with van der Waals surface area (Å²) in [7, 11) is 0. The molecule has 6 aromatic rings. The minimum absolute atomic E-state index is 0.00256. The summed E-state index contributed by atoms with van der Waals surface area (Å²) in [5.41, 5.74) is 0.127. The zero-order valence-corrected chi connectivity index (χ0v) is 22.7. The van der Waals surface area contributed by atoms with Gasteiger partial charge in [-0.2, -0.15) is 9.78 Å². The Morgan fingerprint density at radius 2 is 1.74 bits per heavy atom. The van der Waals surface area contributed by atoms with Gasteiger partial charge in [0, 0.05) is 39.7 Å². The first-order valence-electron chi connectivity index (χ1n) is 12.1. The second kappa shape index (κ2) is 10.7. The molecule has 6 rings (SSSR count). The van der Waals surface area contributed by atoms with Gasteiger partial charge in [-0.1, -0.05) is 28.1 Å². The third-order valence-electron chi connectivity index (χ3n) is 6.12. The van der Waals surface area contributed by atoms with Gasteiger partial charge in [-0.05, 0) is 42.5 Å². The SMILES string of the molecule is O=c1c2ccccc2nc(-c2cc3cc(Br)ccc3o2)n1N=Cc1cc([N+](=O)[O-])ccc1Oc1ccc([N+](=O)[O-])cn1. The Morgan fingerprint density at radius 3 is 2.50 bits per heavy atom. The maximum absolute atomic E-state index is 13.6.